The van der Waals surface area contributed by atoms with Gasteiger partial charge in [-0.1, -0.05) is 132 Å². The zero-order valence-electron chi connectivity index (χ0n) is 35.8. The smallest absolute Gasteiger partial charge is 0.164 e. The van der Waals surface area contributed by atoms with E-state index in [9.17, 15) is 0 Å². The summed E-state index contributed by atoms with van der Waals surface area (Å²) in [5, 5.41) is 2.27. The van der Waals surface area contributed by atoms with E-state index in [1.165, 1.54) is 61.7 Å². The largest absolute Gasteiger partial charge is 0.309 e. The minimum atomic E-state index is -0.292. The number of aryl methyl sites for hydroxylation is 6. The van der Waals surface area contributed by atoms with Gasteiger partial charge in [-0.25, -0.2) is 19.3 Å². The first-order valence-corrected chi connectivity index (χ1v) is 21.1. The first kappa shape index (κ1) is 38.7. The molecule has 5 heteroatoms. The Hall–Kier alpha value is -7.50. The van der Waals surface area contributed by atoms with Gasteiger partial charge in [0.1, 0.15) is 5.82 Å². The van der Waals surface area contributed by atoms with Crippen molar-refractivity contribution < 1.29 is 4.39 Å². The Balaban J connectivity index is 1.27. The highest BCUT2D eigenvalue weighted by Crippen LogP contribution is 2.42. The van der Waals surface area contributed by atoms with Crippen LogP contribution >= 0.6 is 0 Å². The summed E-state index contributed by atoms with van der Waals surface area (Å²) in [6.07, 6.45) is 0. The molecule has 300 valence electrons. The van der Waals surface area contributed by atoms with Crippen LogP contribution in [0, 0.1) is 47.4 Å². The molecule has 0 atom stereocenters. The fraction of sp³-hybridized carbons (Fsp3) is 0.105. The number of aromatic nitrogens is 4. The zero-order valence-corrected chi connectivity index (χ0v) is 35.8. The first-order valence-electron chi connectivity index (χ1n) is 21.1. The molecule has 0 N–H and O–H groups in total. The van der Waals surface area contributed by atoms with Crippen LogP contribution in [0.2, 0.25) is 0 Å². The van der Waals surface area contributed by atoms with Gasteiger partial charge in [0.15, 0.2) is 17.5 Å². The van der Waals surface area contributed by atoms with Gasteiger partial charge >= 0.3 is 0 Å². The van der Waals surface area contributed by atoms with Crippen LogP contribution in [-0.4, -0.2) is 19.5 Å². The lowest BCUT2D eigenvalue weighted by Gasteiger charge is -2.17. The van der Waals surface area contributed by atoms with Gasteiger partial charge in [-0.3, -0.25) is 0 Å². The topological polar surface area (TPSA) is 43.6 Å². The molecule has 0 saturated heterocycles. The number of nitrogens with zero attached hydrogens (tertiary/aromatic N) is 4. The summed E-state index contributed by atoms with van der Waals surface area (Å²) in [5.74, 6) is 1.43. The maximum absolute atomic E-state index is 15.1. The highest BCUT2D eigenvalue weighted by atomic mass is 19.1. The highest BCUT2D eigenvalue weighted by molar-refractivity contribution is 6.12. The third kappa shape index (κ3) is 6.95. The maximum atomic E-state index is 15.1. The van der Waals surface area contributed by atoms with Crippen molar-refractivity contribution in [3.63, 3.8) is 0 Å². The van der Waals surface area contributed by atoms with E-state index < -0.39 is 0 Å². The van der Waals surface area contributed by atoms with Crippen LogP contribution in [0.5, 0.6) is 0 Å². The van der Waals surface area contributed by atoms with Crippen molar-refractivity contribution in [2.75, 3.05) is 0 Å². The third-order valence-corrected chi connectivity index (χ3v) is 12.0. The van der Waals surface area contributed by atoms with Gasteiger partial charge in [-0.15, -0.1) is 0 Å². The molecular weight excluding hydrogens is 760 g/mol. The van der Waals surface area contributed by atoms with E-state index in [-0.39, 0.29) is 5.82 Å². The van der Waals surface area contributed by atoms with Crippen LogP contribution in [0.3, 0.4) is 0 Å². The second-order valence-electron chi connectivity index (χ2n) is 16.6. The standard InChI is InChI=1S/C57H45FN4/c1-34-26-36(3)53(37(4)27-34)43-21-24-50-48(31-43)49-32-44(54-38(5)28-35(2)29-39(54)6)22-25-51(49)62(50)52-33-45(20-23-47(52)42-18-13-19-46(58)30-42)57-60-55(40-14-9-7-10-15-40)59-56(61-57)41-16-11-8-12-17-41/h7-33H,1-6H3. The highest BCUT2D eigenvalue weighted by Gasteiger charge is 2.21. The van der Waals surface area contributed by atoms with Crippen molar-refractivity contribution >= 4 is 21.8 Å². The van der Waals surface area contributed by atoms with Gasteiger partial charge in [-0.05, 0) is 134 Å². The maximum Gasteiger partial charge on any atom is 0.164 e. The average molecular weight is 805 g/mol. The molecule has 0 aliphatic rings. The molecule has 0 fully saturated rings. The van der Waals surface area contributed by atoms with E-state index in [4.69, 9.17) is 15.0 Å². The van der Waals surface area contributed by atoms with Crippen molar-refractivity contribution in [2.24, 2.45) is 0 Å². The normalized spacial score (nSPS) is 11.5. The molecule has 0 unspecified atom stereocenters. The minimum Gasteiger partial charge on any atom is -0.309 e. The van der Waals surface area contributed by atoms with Crippen LogP contribution in [0.15, 0.2) is 164 Å². The molecular formula is C57H45FN4. The Kier molecular flexibility index (Phi) is 9.68. The number of hydrogen-bond acceptors (Lipinski definition) is 3. The lowest BCUT2D eigenvalue weighted by Crippen LogP contribution is -2.02. The van der Waals surface area contributed by atoms with Gasteiger partial charge in [0, 0.05) is 33.0 Å². The molecule has 8 aromatic carbocycles. The summed E-state index contributed by atoms with van der Waals surface area (Å²) >= 11 is 0. The summed E-state index contributed by atoms with van der Waals surface area (Å²) < 4.78 is 17.5. The van der Waals surface area contributed by atoms with Crippen molar-refractivity contribution in [1.82, 2.24) is 19.5 Å². The summed E-state index contributed by atoms with van der Waals surface area (Å²) in [4.78, 5) is 15.2. The van der Waals surface area contributed by atoms with E-state index in [1.54, 1.807) is 12.1 Å². The SMILES string of the molecule is Cc1cc(C)c(-c2ccc3c(c2)c2cc(-c4c(C)cc(C)cc4C)ccc2n3-c2cc(-c3nc(-c4ccccc4)nc(-c4ccccc4)n3)ccc2-c2cccc(F)c2)c(C)c1. The lowest BCUT2D eigenvalue weighted by atomic mass is 9.91. The summed E-state index contributed by atoms with van der Waals surface area (Å²) in [6.45, 7) is 13.1. The number of hydrogen-bond donors (Lipinski definition) is 0. The van der Waals surface area contributed by atoms with Crippen LogP contribution in [0.25, 0.3) is 95.0 Å². The van der Waals surface area contributed by atoms with E-state index in [1.807, 2.05) is 72.8 Å². The van der Waals surface area contributed by atoms with Gasteiger partial charge < -0.3 is 4.57 Å². The van der Waals surface area contributed by atoms with E-state index in [0.29, 0.717) is 17.5 Å². The second-order valence-corrected chi connectivity index (χ2v) is 16.6. The minimum absolute atomic E-state index is 0.292. The van der Waals surface area contributed by atoms with Crippen molar-refractivity contribution in [3.8, 4) is 73.2 Å². The number of fused-ring (bicyclic) bond motifs is 3. The summed E-state index contributed by atoms with van der Waals surface area (Å²) in [5.41, 5.74) is 19.6. The molecule has 0 saturated carbocycles. The van der Waals surface area contributed by atoms with Gasteiger partial charge in [0.2, 0.25) is 0 Å². The Morgan fingerprint density at radius 3 is 1.27 bits per heavy atom. The van der Waals surface area contributed by atoms with Crippen LogP contribution < -0.4 is 0 Å². The number of halogens is 1. The quantitative estimate of drug-likeness (QED) is 0.161. The van der Waals surface area contributed by atoms with Crippen LogP contribution in [0.4, 0.5) is 4.39 Å². The molecule has 0 radical (unpaired) electrons. The molecule has 62 heavy (non-hydrogen) atoms. The fourth-order valence-corrected chi connectivity index (χ4v) is 9.56. The first-order chi connectivity index (χ1) is 30.1. The Morgan fingerprint density at radius 2 is 0.806 bits per heavy atom. The Bertz CT molecular complexity index is 3150. The molecule has 10 rings (SSSR count). The van der Waals surface area contributed by atoms with E-state index >= 15 is 4.39 Å². The molecule has 0 aliphatic heterocycles. The monoisotopic (exact) mass is 804 g/mol. The predicted octanol–water partition coefficient (Wildman–Crippen LogP) is 15.0. The van der Waals surface area contributed by atoms with Gasteiger partial charge in [-0.2, -0.15) is 0 Å². The van der Waals surface area contributed by atoms with Crippen molar-refractivity contribution in [3.05, 3.63) is 203 Å². The molecule has 0 aliphatic carbocycles. The van der Waals surface area contributed by atoms with E-state index in [0.717, 1.165) is 55.3 Å². The summed E-state index contributed by atoms with van der Waals surface area (Å²) in [7, 11) is 0. The molecule has 10 aromatic rings. The van der Waals surface area contributed by atoms with Crippen LogP contribution in [0.1, 0.15) is 33.4 Å². The third-order valence-electron chi connectivity index (χ3n) is 12.0. The lowest BCUT2D eigenvalue weighted by molar-refractivity contribution is 0.628. The number of rotatable bonds is 7. The molecule has 2 aromatic heterocycles. The summed E-state index contributed by atoms with van der Waals surface area (Å²) in [6, 6.07) is 55.9. The van der Waals surface area contributed by atoms with Crippen LogP contribution in [-0.2, 0) is 0 Å². The van der Waals surface area contributed by atoms with Crippen molar-refractivity contribution in [1.29, 1.82) is 0 Å². The average Bonchev–Trinajstić information content (AvgIpc) is 3.59. The number of benzene rings is 8. The predicted molar refractivity (Wildman–Crippen MR) is 255 cm³/mol. The fourth-order valence-electron chi connectivity index (χ4n) is 9.56. The van der Waals surface area contributed by atoms with Gasteiger partial charge in [0.25, 0.3) is 0 Å². The van der Waals surface area contributed by atoms with E-state index in [2.05, 4.69) is 119 Å². The molecule has 4 nitrogen and oxygen atoms in total. The molecule has 0 bridgehead atoms. The second kappa shape index (κ2) is 15.5. The molecule has 0 amide bonds. The van der Waals surface area contributed by atoms with Gasteiger partial charge in [0.05, 0.1) is 16.7 Å². The molecule has 0 spiro atoms. The molecule has 2 heterocycles. The zero-order chi connectivity index (χ0) is 42.6. The Labute approximate surface area is 362 Å². The van der Waals surface area contributed by atoms with Crippen molar-refractivity contribution in [2.45, 2.75) is 41.5 Å². The Morgan fingerprint density at radius 1 is 0.371 bits per heavy atom.